The normalized spacial score (nSPS) is 9.86. The SMILES string of the molecule is C=CC(=O)OCCCCCC(=C)c1ccc(C(=O)OC)cc1. The number of ether oxygens (including phenoxy) is 2. The summed E-state index contributed by atoms with van der Waals surface area (Å²) in [4.78, 5) is 22.2. The summed E-state index contributed by atoms with van der Waals surface area (Å²) in [6.07, 6.45) is 4.80. The molecule has 0 aliphatic heterocycles. The van der Waals surface area contributed by atoms with Crippen LogP contribution in [0.2, 0.25) is 0 Å². The number of hydrogen-bond donors (Lipinski definition) is 0. The number of allylic oxidation sites excluding steroid dienone is 1. The van der Waals surface area contributed by atoms with E-state index in [4.69, 9.17) is 4.74 Å². The molecule has 0 heterocycles. The number of benzene rings is 1. The van der Waals surface area contributed by atoms with E-state index in [0.717, 1.165) is 36.8 Å². The highest BCUT2D eigenvalue weighted by Gasteiger charge is 2.05. The maximum atomic E-state index is 11.4. The third kappa shape index (κ3) is 5.95. The number of unbranched alkanes of at least 4 members (excludes halogenated alkanes) is 2. The zero-order valence-corrected chi connectivity index (χ0v) is 13.0. The Morgan fingerprint density at radius 3 is 2.32 bits per heavy atom. The maximum Gasteiger partial charge on any atom is 0.337 e. The first kappa shape index (κ1) is 17.7. The van der Waals surface area contributed by atoms with Crippen molar-refractivity contribution < 1.29 is 19.1 Å². The number of carbonyl (C=O) groups excluding carboxylic acids is 2. The predicted octanol–water partition coefficient (Wildman–Crippen LogP) is 3.78. The van der Waals surface area contributed by atoms with E-state index in [9.17, 15) is 9.59 Å². The summed E-state index contributed by atoms with van der Waals surface area (Å²) in [5.74, 6) is -0.721. The van der Waals surface area contributed by atoms with Crippen LogP contribution in [0.3, 0.4) is 0 Å². The molecular weight excluding hydrogens is 280 g/mol. The molecule has 4 heteroatoms. The highest BCUT2D eigenvalue weighted by atomic mass is 16.5. The summed E-state index contributed by atoms with van der Waals surface area (Å²) in [6, 6.07) is 7.23. The Bertz CT molecular complexity index is 529. The predicted molar refractivity (Wildman–Crippen MR) is 86.4 cm³/mol. The van der Waals surface area contributed by atoms with Gasteiger partial charge in [-0.25, -0.2) is 9.59 Å². The van der Waals surface area contributed by atoms with Gasteiger partial charge in [-0.1, -0.05) is 25.3 Å². The Kier molecular flexibility index (Phi) is 7.68. The van der Waals surface area contributed by atoms with Crippen molar-refractivity contribution in [2.24, 2.45) is 0 Å². The molecule has 0 saturated carbocycles. The van der Waals surface area contributed by atoms with Crippen molar-refractivity contribution in [2.75, 3.05) is 13.7 Å². The van der Waals surface area contributed by atoms with E-state index in [2.05, 4.69) is 17.9 Å². The summed E-state index contributed by atoms with van der Waals surface area (Å²) in [5.41, 5.74) is 2.58. The molecule has 0 spiro atoms. The van der Waals surface area contributed by atoms with Gasteiger partial charge in [0, 0.05) is 6.08 Å². The number of hydrogen-bond acceptors (Lipinski definition) is 4. The molecule has 0 N–H and O–H groups in total. The van der Waals surface area contributed by atoms with Gasteiger partial charge in [0.15, 0.2) is 0 Å². The molecule has 0 bridgehead atoms. The molecule has 22 heavy (non-hydrogen) atoms. The lowest BCUT2D eigenvalue weighted by atomic mass is 10.00. The molecule has 0 aliphatic carbocycles. The molecule has 0 saturated heterocycles. The molecule has 0 radical (unpaired) electrons. The molecule has 1 rings (SSSR count). The summed E-state index contributed by atoms with van der Waals surface area (Å²) >= 11 is 0. The summed E-state index contributed by atoms with van der Waals surface area (Å²) < 4.78 is 9.57. The highest BCUT2D eigenvalue weighted by molar-refractivity contribution is 5.89. The van der Waals surface area contributed by atoms with Crippen LogP contribution in [0.5, 0.6) is 0 Å². The lowest BCUT2D eigenvalue weighted by molar-refractivity contribution is -0.137. The van der Waals surface area contributed by atoms with Gasteiger partial charge >= 0.3 is 11.9 Å². The summed E-state index contributed by atoms with van der Waals surface area (Å²) in [6.45, 7) is 7.83. The Morgan fingerprint density at radius 2 is 1.73 bits per heavy atom. The van der Waals surface area contributed by atoms with E-state index in [1.165, 1.54) is 13.2 Å². The standard InChI is InChI=1S/C18H22O4/c1-4-17(19)22-13-7-5-6-8-14(2)15-9-11-16(12-10-15)18(20)21-3/h4,9-12H,1-2,5-8,13H2,3H3. The Morgan fingerprint density at radius 1 is 1.09 bits per heavy atom. The van der Waals surface area contributed by atoms with E-state index < -0.39 is 0 Å². The first-order chi connectivity index (χ1) is 10.6. The van der Waals surface area contributed by atoms with Crippen molar-refractivity contribution in [1.29, 1.82) is 0 Å². The number of rotatable bonds is 9. The van der Waals surface area contributed by atoms with Gasteiger partial charge in [0.05, 0.1) is 19.3 Å². The third-order valence-corrected chi connectivity index (χ3v) is 3.25. The van der Waals surface area contributed by atoms with Gasteiger partial charge < -0.3 is 9.47 Å². The van der Waals surface area contributed by atoms with Crippen molar-refractivity contribution in [3.63, 3.8) is 0 Å². The fourth-order valence-electron chi connectivity index (χ4n) is 1.95. The van der Waals surface area contributed by atoms with Crippen molar-refractivity contribution >= 4 is 17.5 Å². The molecule has 0 amide bonds. The minimum Gasteiger partial charge on any atom is -0.465 e. The molecular formula is C18H22O4. The molecule has 118 valence electrons. The van der Waals surface area contributed by atoms with E-state index in [1.807, 2.05) is 12.1 Å². The van der Waals surface area contributed by atoms with Crippen molar-refractivity contribution in [3.05, 3.63) is 54.6 Å². The van der Waals surface area contributed by atoms with Crippen LogP contribution in [0, 0.1) is 0 Å². The Labute approximate surface area is 131 Å². The van der Waals surface area contributed by atoms with E-state index in [0.29, 0.717) is 12.2 Å². The molecule has 1 aromatic carbocycles. The van der Waals surface area contributed by atoms with Crippen LogP contribution in [0.25, 0.3) is 5.57 Å². The van der Waals surface area contributed by atoms with Crippen LogP contribution in [0.15, 0.2) is 43.5 Å². The summed E-state index contributed by atoms with van der Waals surface area (Å²) in [5, 5.41) is 0. The second-order valence-corrected chi connectivity index (χ2v) is 4.85. The van der Waals surface area contributed by atoms with Gasteiger partial charge in [-0.3, -0.25) is 0 Å². The zero-order valence-electron chi connectivity index (χ0n) is 13.0. The molecule has 0 aliphatic rings. The van der Waals surface area contributed by atoms with Gasteiger partial charge in [-0.05, 0) is 49.0 Å². The minimum absolute atomic E-state index is 0.341. The summed E-state index contributed by atoms with van der Waals surface area (Å²) in [7, 11) is 1.36. The smallest absolute Gasteiger partial charge is 0.337 e. The van der Waals surface area contributed by atoms with Crippen LogP contribution in [-0.2, 0) is 14.3 Å². The molecule has 4 nitrogen and oxygen atoms in total. The highest BCUT2D eigenvalue weighted by Crippen LogP contribution is 2.20. The zero-order chi connectivity index (χ0) is 16.4. The van der Waals surface area contributed by atoms with Gasteiger partial charge in [0.25, 0.3) is 0 Å². The monoisotopic (exact) mass is 302 g/mol. The van der Waals surface area contributed by atoms with E-state index >= 15 is 0 Å². The van der Waals surface area contributed by atoms with Gasteiger partial charge in [-0.15, -0.1) is 0 Å². The van der Waals surface area contributed by atoms with Crippen molar-refractivity contribution in [1.82, 2.24) is 0 Å². The van der Waals surface area contributed by atoms with Gasteiger partial charge in [0.1, 0.15) is 0 Å². The molecule has 0 unspecified atom stereocenters. The van der Waals surface area contributed by atoms with E-state index in [-0.39, 0.29) is 11.9 Å². The van der Waals surface area contributed by atoms with Crippen molar-refractivity contribution in [2.45, 2.75) is 25.7 Å². The first-order valence-electron chi connectivity index (χ1n) is 7.24. The van der Waals surface area contributed by atoms with Crippen LogP contribution < -0.4 is 0 Å². The van der Waals surface area contributed by atoms with Crippen LogP contribution in [0.1, 0.15) is 41.6 Å². The number of esters is 2. The molecule has 1 aromatic rings. The van der Waals surface area contributed by atoms with E-state index in [1.54, 1.807) is 12.1 Å². The Hall–Kier alpha value is -2.36. The van der Waals surface area contributed by atoms with Crippen LogP contribution in [-0.4, -0.2) is 25.7 Å². The van der Waals surface area contributed by atoms with Gasteiger partial charge in [-0.2, -0.15) is 0 Å². The first-order valence-corrected chi connectivity index (χ1v) is 7.24. The quantitative estimate of drug-likeness (QED) is 0.396. The average Bonchev–Trinajstić information content (AvgIpc) is 2.56. The average molecular weight is 302 g/mol. The largest absolute Gasteiger partial charge is 0.465 e. The lowest BCUT2D eigenvalue weighted by Crippen LogP contribution is -2.01. The number of carbonyl (C=O) groups is 2. The van der Waals surface area contributed by atoms with Crippen LogP contribution >= 0.6 is 0 Å². The fourth-order valence-corrected chi connectivity index (χ4v) is 1.95. The second-order valence-electron chi connectivity index (χ2n) is 4.85. The number of methoxy groups -OCH3 is 1. The molecule has 0 atom stereocenters. The lowest BCUT2D eigenvalue weighted by Gasteiger charge is -2.07. The van der Waals surface area contributed by atoms with Crippen LogP contribution in [0.4, 0.5) is 0 Å². The van der Waals surface area contributed by atoms with Gasteiger partial charge in [0.2, 0.25) is 0 Å². The topological polar surface area (TPSA) is 52.6 Å². The fraction of sp³-hybridized carbons (Fsp3) is 0.333. The molecule has 0 aromatic heterocycles. The van der Waals surface area contributed by atoms with Crippen molar-refractivity contribution in [3.8, 4) is 0 Å². The third-order valence-electron chi connectivity index (χ3n) is 3.25. The Balaban J connectivity index is 2.29. The molecule has 0 fully saturated rings. The maximum absolute atomic E-state index is 11.4. The minimum atomic E-state index is -0.380. The second kappa shape index (κ2) is 9.55.